The number of nitrogens with zero attached hydrogens (tertiary/aromatic N) is 2. The summed E-state index contributed by atoms with van der Waals surface area (Å²) in [5, 5.41) is 8.98. The van der Waals surface area contributed by atoms with Crippen molar-refractivity contribution >= 4 is 33.5 Å². The summed E-state index contributed by atoms with van der Waals surface area (Å²) in [7, 11) is 0. The second-order valence-corrected chi connectivity index (χ2v) is 6.14. The molecule has 6 heteroatoms. The smallest absolute Gasteiger partial charge is 0.203 e. The Morgan fingerprint density at radius 2 is 2.00 bits per heavy atom. The molecule has 0 bridgehead atoms. The van der Waals surface area contributed by atoms with Gasteiger partial charge in [-0.2, -0.15) is 5.10 Å². The molecule has 0 saturated carbocycles. The van der Waals surface area contributed by atoms with Gasteiger partial charge in [-0.05, 0) is 42.6 Å². The van der Waals surface area contributed by atoms with Crippen LogP contribution in [0.4, 0.5) is 9.52 Å². The zero-order valence-electron chi connectivity index (χ0n) is 11.2. The number of rotatable bonds is 4. The quantitative estimate of drug-likeness (QED) is 0.552. The van der Waals surface area contributed by atoms with Gasteiger partial charge >= 0.3 is 0 Å². The number of benzene rings is 1. The molecular formula is C15H12FN3S2. The van der Waals surface area contributed by atoms with Crippen LogP contribution in [-0.2, 0) is 0 Å². The van der Waals surface area contributed by atoms with Crippen LogP contribution in [0.25, 0.3) is 11.3 Å². The highest BCUT2D eigenvalue weighted by molar-refractivity contribution is 7.14. The predicted octanol–water partition coefficient (Wildman–Crippen LogP) is 4.85. The van der Waals surface area contributed by atoms with Gasteiger partial charge in [0.1, 0.15) is 5.82 Å². The molecule has 0 spiro atoms. The van der Waals surface area contributed by atoms with Gasteiger partial charge < -0.3 is 0 Å². The van der Waals surface area contributed by atoms with Gasteiger partial charge in [-0.25, -0.2) is 9.37 Å². The fourth-order valence-corrected chi connectivity index (χ4v) is 3.09. The van der Waals surface area contributed by atoms with E-state index in [-0.39, 0.29) is 5.82 Å². The lowest BCUT2D eigenvalue weighted by molar-refractivity contribution is 0.628. The minimum atomic E-state index is -0.247. The van der Waals surface area contributed by atoms with Crippen LogP contribution in [0, 0.1) is 5.82 Å². The predicted molar refractivity (Wildman–Crippen MR) is 87.7 cm³/mol. The SMILES string of the molecule is C/C(=N/Nc1nc(-c2ccc(F)cc2)cs1)c1cccs1. The van der Waals surface area contributed by atoms with Crippen molar-refractivity contribution in [1.82, 2.24) is 4.98 Å². The molecule has 1 aromatic carbocycles. The molecule has 3 aromatic rings. The van der Waals surface area contributed by atoms with E-state index >= 15 is 0 Å². The third-order valence-corrected chi connectivity index (χ3v) is 4.57. The van der Waals surface area contributed by atoms with E-state index < -0.39 is 0 Å². The molecule has 3 rings (SSSR count). The highest BCUT2D eigenvalue weighted by Gasteiger charge is 2.05. The normalized spacial score (nSPS) is 11.6. The van der Waals surface area contributed by atoms with E-state index in [9.17, 15) is 4.39 Å². The fourth-order valence-electron chi connectivity index (χ4n) is 1.75. The standard InChI is InChI=1S/C15H12FN3S2/c1-10(14-3-2-8-20-14)18-19-15-17-13(9-21-15)11-4-6-12(16)7-5-11/h2-9H,1H3,(H,17,19)/b18-10-. The van der Waals surface area contributed by atoms with E-state index in [2.05, 4.69) is 15.5 Å². The highest BCUT2D eigenvalue weighted by atomic mass is 32.1. The summed E-state index contributed by atoms with van der Waals surface area (Å²) in [6.45, 7) is 1.95. The van der Waals surface area contributed by atoms with Crippen LogP contribution in [0.2, 0.25) is 0 Å². The van der Waals surface area contributed by atoms with Crippen molar-refractivity contribution in [2.75, 3.05) is 5.43 Å². The first-order valence-electron chi connectivity index (χ1n) is 6.28. The van der Waals surface area contributed by atoms with Gasteiger partial charge in [-0.15, -0.1) is 22.7 Å². The van der Waals surface area contributed by atoms with Crippen LogP contribution in [-0.4, -0.2) is 10.7 Å². The lowest BCUT2D eigenvalue weighted by atomic mass is 10.2. The van der Waals surface area contributed by atoms with E-state index in [1.54, 1.807) is 23.5 Å². The lowest BCUT2D eigenvalue weighted by Gasteiger charge is -1.98. The second-order valence-electron chi connectivity index (χ2n) is 4.33. The Balaban J connectivity index is 1.73. The first-order chi connectivity index (χ1) is 10.2. The molecule has 0 atom stereocenters. The number of hydrogen-bond donors (Lipinski definition) is 1. The average Bonchev–Trinajstić information content (AvgIpc) is 3.17. The van der Waals surface area contributed by atoms with Gasteiger partial charge in [-0.3, -0.25) is 5.43 Å². The summed E-state index contributed by atoms with van der Waals surface area (Å²) in [4.78, 5) is 5.57. The number of nitrogens with one attached hydrogen (secondary N) is 1. The van der Waals surface area contributed by atoms with Crippen molar-refractivity contribution in [3.8, 4) is 11.3 Å². The monoisotopic (exact) mass is 317 g/mol. The molecule has 0 radical (unpaired) electrons. The maximum absolute atomic E-state index is 12.9. The number of halogens is 1. The van der Waals surface area contributed by atoms with Crippen LogP contribution >= 0.6 is 22.7 Å². The van der Waals surface area contributed by atoms with Crippen molar-refractivity contribution in [1.29, 1.82) is 0 Å². The zero-order valence-corrected chi connectivity index (χ0v) is 12.8. The first kappa shape index (κ1) is 13.9. The molecule has 0 aliphatic heterocycles. The summed E-state index contributed by atoms with van der Waals surface area (Å²) >= 11 is 3.11. The number of thiazole rings is 1. The Morgan fingerprint density at radius 1 is 1.19 bits per heavy atom. The van der Waals surface area contributed by atoms with Gasteiger partial charge in [-0.1, -0.05) is 6.07 Å². The van der Waals surface area contributed by atoms with Crippen molar-refractivity contribution in [3.05, 3.63) is 57.9 Å². The highest BCUT2D eigenvalue weighted by Crippen LogP contribution is 2.25. The van der Waals surface area contributed by atoms with Crippen LogP contribution < -0.4 is 5.43 Å². The van der Waals surface area contributed by atoms with Crippen molar-refractivity contribution < 1.29 is 4.39 Å². The van der Waals surface area contributed by atoms with E-state index in [1.807, 2.05) is 29.8 Å². The molecule has 1 N–H and O–H groups in total. The molecule has 2 heterocycles. The Morgan fingerprint density at radius 3 is 2.71 bits per heavy atom. The van der Waals surface area contributed by atoms with Crippen LogP contribution in [0.5, 0.6) is 0 Å². The molecule has 21 heavy (non-hydrogen) atoms. The number of hydrogen-bond acceptors (Lipinski definition) is 5. The maximum Gasteiger partial charge on any atom is 0.203 e. The van der Waals surface area contributed by atoms with Crippen LogP contribution in [0.1, 0.15) is 11.8 Å². The molecule has 2 aromatic heterocycles. The van der Waals surface area contributed by atoms with E-state index in [0.29, 0.717) is 5.13 Å². The molecule has 3 nitrogen and oxygen atoms in total. The zero-order chi connectivity index (χ0) is 14.7. The van der Waals surface area contributed by atoms with E-state index in [1.165, 1.54) is 23.5 Å². The maximum atomic E-state index is 12.9. The average molecular weight is 317 g/mol. The van der Waals surface area contributed by atoms with Gasteiger partial charge in [0.05, 0.1) is 11.4 Å². The molecule has 0 saturated heterocycles. The minimum absolute atomic E-state index is 0.247. The Bertz CT molecular complexity index is 746. The van der Waals surface area contributed by atoms with Gasteiger partial charge in [0.2, 0.25) is 5.13 Å². The Labute approximate surface area is 129 Å². The number of hydrazone groups is 1. The van der Waals surface area contributed by atoms with Crippen molar-refractivity contribution in [3.63, 3.8) is 0 Å². The molecule has 106 valence electrons. The summed E-state index contributed by atoms with van der Waals surface area (Å²) in [5.41, 5.74) is 5.58. The van der Waals surface area contributed by atoms with Crippen LogP contribution in [0.3, 0.4) is 0 Å². The van der Waals surface area contributed by atoms with E-state index in [0.717, 1.165) is 21.8 Å². The summed E-state index contributed by atoms with van der Waals surface area (Å²) in [6, 6.07) is 10.3. The lowest BCUT2D eigenvalue weighted by Crippen LogP contribution is -1.96. The summed E-state index contributed by atoms with van der Waals surface area (Å²) < 4.78 is 12.9. The molecule has 0 unspecified atom stereocenters. The molecule has 0 fully saturated rings. The topological polar surface area (TPSA) is 37.3 Å². The first-order valence-corrected chi connectivity index (χ1v) is 8.04. The van der Waals surface area contributed by atoms with Crippen molar-refractivity contribution in [2.24, 2.45) is 5.10 Å². The Kier molecular flexibility index (Phi) is 4.08. The fraction of sp³-hybridized carbons (Fsp3) is 0.0667. The molecule has 0 aliphatic rings. The largest absolute Gasteiger partial charge is 0.252 e. The number of thiophene rings is 1. The van der Waals surface area contributed by atoms with Gasteiger partial charge in [0.15, 0.2) is 0 Å². The number of anilines is 1. The van der Waals surface area contributed by atoms with E-state index in [4.69, 9.17) is 0 Å². The number of aromatic nitrogens is 1. The third-order valence-electron chi connectivity index (χ3n) is 2.84. The molecule has 0 amide bonds. The minimum Gasteiger partial charge on any atom is -0.252 e. The Hall–Kier alpha value is -2.05. The second kappa shape index (κ2) is 6.15. The van der Waals surface area contributed by atoms with Gasteiger partial charge in [0.25, 0.3) is 0 Å². The molecular weight excluding hydrogens is 305 g/mol. The third kappa shape index (κ3) is 3.34. The van der Waals surface area contributed by atoms with Crippen LogP contribution in [0.15, 0.2) is 52.3 Å². The summed E-state index contributed by atoms with van der Waals surface area (Å²) in [6.07, 6.45) is 0. The van der Waals surface area contributed by atoms with Crippen molar-refractivity contribution in [2.45, 2.75) is 6.92 Å². The molecule has 0 aliphatic carbocycles. The summed E-state index contributed by atoms with van der Waals surface area (Å²) in [5.74, 6) is -0.247. The van der Waals surface area contributed by atoms with Gasteiger partial charge in [0, 0.05) is 15.8 Å².